The van der Waals surface area contributed by atoms with Crippen molar-refractivity contribution in [3.63, 3.8) is 0 Å². The maximum atomic E-state index is 14.6. The zero-order valence-corrected chi connectivity index (χ0v) is 22.2. The number of aliphatic hydroxyl groups excluding tert-OH is 3. The second-order valence-electron chi connectivity index (χ2n) is 8.22. The number of methoxy groups -OCH3 is 2. The zero-order chi connectivity index (χ0) is 28.8. The first kappa shape index (κ1) is 28.9. The number of nitrogens with zero attached hydrogens (tertiary/aromatic N) is 3. The van der Waals surface area contributed by atoms with Crippen molar-refractivity contribution in [2.24, 2.45) is 0 Å². The first-order chi connectivity index (χ1) is 19.3. The number of aliphatic hydroxyl groups is 3. The van der Waals surface area contributed by atoms with Crippen LogP contribution in [0.25, 0.3) is 0 Å². The van der Waals surface area contributed by atoms with E-state index in [1.54, 1.807) is 6.07 Å². The first-order valence-corrected chi connectivity index (χ1v) is 12.3. The van der Waals surface area contributed by atoms with Crippen molar-refractivity contribution in [2.45, 2.75) is 19.6 Å². The van der Waals surface area contributed by atoms with E-state index >= 15 is 0 Å². The van der Waals surface area contributed by atoms with E-state index in [9.17, 15) is 19.4 Å². The molecule has 2 heterocycles. The predicted molar refractivity (Wildman–Crippen MR) is 141 cm³/mol. The highest BCUT2D eigenvalue weighted by Gasteiger charge is 2.36. The quantitative estimate of drug-likeness (QED) is 0.211. The van der Waals surface area contributed by atoms with Crippen LogP contribution in [0.3, 0.4) is 0 Å². The fraction of sp³-hybridized carbons (Fsp3) is 0.320. The minimum absolute atomic E-state index is 0.0320. The van der Waals surface area contributed by atoms with Crippen molar-refractivity contribution in [3.05, 3.63) is 52.6 Å². The van der Waals surface area contributed by atoms with Crippen LogP contribution in [0.4, 0.5) is 21.6 Å². The van der Waals surface area contributed by atoms with Gasteiger partial charge in [-0.2, -0.15) is 4.98 Å². The van der Waals surface area contributed by atoms with Gasteiger partial charge < -0.3 is 44.9 Å². The monoisotopic (exact) mass is 579 g/mol. The van der Waals surface area contributed by atoms with E-state index in [0.717, 1.165) is 0 Å². The highest BCUT2D eigenvalue weighted by atomic mass is 35.5. The number of amides is 1. The van der Waals surface area contributed by atoms with Crippen LogP contribution in [0, 0.1) is 5.82 Å². The highest BCUT2D eigenvalue weighted by Crippen LogP contribution is 2.47. The predicted octanol–water partition coefficient (Wildman–Crippen LogP) is 1.68. The Kier molecular flexibility index (Phi) is 9.26. The van der Waals surface area contributed by atoms with Crippen LogP contribution in [0.15, 0.2) is 30.3 Å². The molecule has 1 unspecified atom stereocenters. The third kappa shape index (κ3) is 6.04. The third-order valence-electron chi connectivity index (χ3n) is 5.72. The van der Waals surface area contributed by atoms with Crippen LogP contribution in [-0.2, 0) is 18.0 Å². The number of hydrogen-bond acceptors (Lipinski definition) is 12. The van der Waals surface area contributed by atoms with Crippen molar-refractivity contribution in [2.75, 3.05) is 44.2 Å². The number of rotatable bonds is 12. The second-order valence-corrected chi connectivity index (χ2v) is 8.62. The van der Waals surface area contributed by atoms with Gasteiger partial charge in [0.25, 0.3) is 5.91 Å². The molecule has 214 valence electrons. The van der Waals surface area contributed by atoms with Gasteiger partial charge in [0.15, 0.2) is 29.7 Å². The topological polar surface area (TPSA) is 168 Å². The summed E-state index contributed by atoms with van der Waals surface area (Å²) >= 11 is 6.60. The molecule has 5 N–H and O–H groups in total. The van der Waals surface area contributed by atoms with Gasteiger partial charge in [0.2, 0.25) is 12.2 Å². The minimum atomic E-state index is -1.37. The van der Waals surface area contributed by atoms with Crippen molar-refractivity contribution < 1.29 is 43.5 Å². The number of nitrogens with one attached hydrogen (secondary N) is 2. The number of fused-ring (bicyclic) bond motifs is 1. The van der Waals surface area contributed by atoms with Crippen LogP contribution in [-0.4, -0.2) is 71.5 Å². The van der Waals surface area contributed by atoms with Crippen molar-refractivity contribution in [3.8, 4) is 23.1 Å². The highest BCUT2D eigenvalue weighted by molar-refractivity contribution is 6.33. The summed E-state index contributed by atoms with van der Waals surface area (Å²) < 4.78 is 36.6. The summed E-state index contributed by atoms with van der Waals surface area (Å²) in [6, 6.07) is 7.11. The number of halogens is 2. The Morgan fingerprint density at radius 3 is 2.62 bits per heavy atom. The molecular formula is C25H27ClFN5O8. The first-order valence-electron chi connectivity index (χ1n) is 11.9. The van der Waals surface area contributed by atoms with Gasteiger partial charge in [0.1, 0.15) is 30.5 Å². The lowest BCUT2D eigenvalue weighted by Gasteiger charge is -2.24. The molecular weight excluding hydrogens is 553 g/mol. The molecule has 0 saturated carbocycles. The molecule has 1 amide bonds. The summed E-state index contributed by atoms with van der Waals surface area (Å²) in [6.45, 7) is -1.42. The van der Waals surface area contributed by atoms with E-state index in [2.05, 4.69) is 20.6 Å². The molecule has 0 saturated heterocycles. The molecule has 13 nitrogen and oxygen atoms in total. The summed E-state index contributed by atoms with van der Waals surface area (Å²) in [4.78, 5) is 21.8. The molecule has 1 aromatic heterocycles. The van der Waals surface area contributed by atoms with E-state index in [1.807, 2.05) is 0 Å². The van der Waals surface area contributed by atoms with E-state index in [1.165, 1.54) is 43.4 Å². The standard InChI is InChI=1S/C25H27ClFN5O8/c1-37-17-5-3-4-15(27)13(17)11-39-19-9-16(14(26)8-18(19)40-12-21(35)28-6-7-33)32-23-22(31-25(32)36)24(38-2)30-20(10-34)29-23/h3-5,8-9,25,31,33-34,36H,6-7,10-12H2,1-2H3,(H,28,35). The van der Waals surface area contributed by atoms with Gasteiger partial charge in [-0.05, 0) is 12.1 Å². The largest absolute Gasteiger partial charge is 0.496 e. The van der Waals surface area contributed by atoms with Crippen LogP contribution in [0.1, 0.15) is 11.4 Å². The lowest BCUT2D eigenvalue weighted by molar-refractivity contribution is -0.123. The average molecular weight is 580 g/mol. The Labute approximate surface area is 233 Å². The molecule has 15 heteroatoms. The maximum Gasteiger partial charge on any atom is 0.258 e. The molecule has 0 spiro atoms. The molecule has 40 heavy (non-hydrogen) atoms. The van der Waals surface area contributed by atoms with Crippen molar-refractivity contribution in [1.29, 1.82) is 0 Å². The number of benzene rings is 2. The van der Waals surface area contributed by atoms with Gasteiger partial charge in [0.05, 0.1) is 37.1 Å². The number of carbonyl (C=O) groups is 1. The van der Waals surface area contributed by atoms with Gasteiger partial charge >= 0.3 is 0 Å². The fourth-order valence-electron chi connectivity index (χ4n) is 3.89. The SMILES string of the molecule is COc1cccc(F)c1COc1cc(N2c3nc(CO)nc(OC)c3NC2O)c(Cl)cc1OCC(=O)NCCO. The lowest BCUT2D eigenvalue weighted by Crippen LogP contribution is -2.32. The Morgan fingerprint density at radius 1 is 1.15 bits per heavy atom. The van der Waals surface area contributed by atoms with Crippen LogP contribution in [0.5, 0.6) is 23.1 Å². The molecule has 1 atom stereocenters. The van der Waals surface area contributed by atoms with Crippen LogP contribution < -0.4 is 34.5 Å². The summed E-state index contributed by atoms with van der Waals surface area (Å²) in [5.41, 5.74) is 0.576. The molecule has 0 radical (unpaired) electrons. The number of carbonyl (C=O) groups excluding carboxylic acids is 1. The second kappa shape index (κ2) is 12.8. The molecule has 1 aliphatic heterocycles. The van der Waals surface area contributed by atoms with Gasteiger partial charge in [-0.3, -0.25) is 9.69 Å². The number of aromatic nitrogens is 2. The van der Waals surface area contributed by atoms with E-state index in [-0.39, 0.29) is 76.5 Å². The van der Waals surface area contributed by atoms with Crippen molar-refractivity contribution in [1.82, 2.24) is 15.3 Å². The molecule has 0 bridgehead atoms. The molecule has 4 rings (SSSR count). The molecule has 2 aromatic carbocycles. The average Bonchev–Trinajstić information content (AvgIpc) is 3.29. The Morgan fingerprint density at radius 2 is 1.93 bits per heavy atom. The van der Waals surface area contributed by atoms with Crippen LogP contribution >= 0.6 is 11.6 Å². The normalized spacial score (nSPS) is 13.9. The number of ether oxygens (including phenoxy) is 4. The molecule has 1 aliphatic rings. The Hall–Kier alpha value is -4.11. The lowest BCUT2D eigenvalue weighted by atomic mass is 10.2. The third-order valence-corrected chi connectivity index (χ3v) is 6.02. The van der Waals surface area contributed by atoms with E-state index in [0.29, 0.717) is 0 Å². The number of hydrogen-bond donors (Lipinski definition) is 5. The van der Waals surface area contributed by atoms with Gasteiger partial charge in [-0.15, -0.1) is 0 Å². The molecule has 0 fully saturated rings. The summed E-state index contributed by atoms with van der Waals surface area (Å²) in [5.74, 6) is -0.451. The minimum Gasteiger partial charge on any atom is -0.496 e. The number of anilines is 3. The Balaban J connectivity index is 1.74. The Bertz CT molecular complexity index is 1380. The van der Waals surface area contributed by atoms with Crippen molar-refractivity contribution >= 4 is 34.7 Å². The summed E-state index contributed by atoms with van der Waals surface area (Å²) in [6.07, 6.45) is -1.37. The van der Waals surface area contributed by atoms with Gasteiger partial charge in [-0.25, -0.2) is 9.37 Å². The van der Waals surface area contributed by atoms with E-state index in [4.69, 9.17) is 35.7 Å². The fourth-order valence-corrected chi connectivity index (χ4v) is 4.14. The van der Waals surface area contributed by atoms with Crippen LogP contribution in [0.2, 0.25) is 5.02 Å². The van der Waals surface area contributed by atoms with E-state index < -0.39 is 31.3 Å². The molecule has 3 aromatic rings. The van der Waals surface area contributed by atoms with Gasteiger partial charge in [0, 0.05) is 18.7 Å². The summed E-state index contributed by atoms with van der Waals surface area (Å²) in [7, 11) is 2.77. The maximum absolute atomic E-state index is 14.6. The smallest absolute Gasteiger partial charge is 0.258 e. The zero-order valence-electron chi connectivity index (χ0n) is 21.5. The summed E-state index contributed by atoms with van der Waals surface area (Å²) in [5, 5.41) is 34.7. The molecule has 0 aliphatic carbocycles. The van der Waals surface area contributed by atoms with Gasteiger partial charge in [-0.1, -0.05) is 17.7 Å².